The summed E-state index contributed by atoms with van der Waals surface area (Å²) in [4.78, 5) is 32.5. The summed E-state index contributed by atoms with van der Waals surface area (Å²) in [7, 11) is 0. The second kappa shape index (κ2) is 7.37. The summed E-state index contributed by atoms with van der Waals surface area (Å²) in [6.45, 7) is 0.349. The molecule has 1 rings (SSSR count). The summed E-state index contributed by atoms with van der Waals surface area (Å²) in [5.74, 6) is -2.67. The van der Waals surface area contributed by atoms with Crippen LogP contribution in [0.15, 0.2) is 16.8 Å². The van der Waals surface area contributed by atoms with Crippen LogP contribution in [-0.2, 0) is 16.0 Å². The number of amides is 2. The molecule has 0 saturated carbocycles. The number of carboxylic acid groups (broad SMARTS) is 2. The van der Waals surface area contributed by atoms with Crippen LogP contribution in [0.3, 0.4) is 0 Å². The summed E-state index contributed by atoms with van der Waals surface area (Å²) in [5, 5.41) is 25.7. The van der Waals surface area contributed by atoms with Crippen molar-refractivity contribution in [2.24, 2.45) is 0 Å². The molecule has 0 fully saturated rings. The predicted octanol–water partition coefficient (Wildman–Crippen LogP) is 0.518. The number of hydrogen-bond donors (Lipinski definition) is 4. The fourth-order valence-corrected chi connectivity index (χ4v) is 2.04. The molecular weight excluding hydrogens is 272 g/mol. The summed E-state index contributed by atoms with van der Waals surface area (Å²) in [5.41, 5.74) is 1.07. The molecule has 1 aromatic heterocycles. The van der Waals surface area contributed by atoms with Gasteiger partial charge in [0.2, 0.25) is 0 Å². The molecule has 0 aromatic carbocycles. The molecule has 0 radical (unpaired) electrons. The maximum Gasteiger partial charge on any atom is 0.326 e. The molecule has 0 spiro atoms. The minimum Gasteiger partial charge on any atom is -0.481 e. The highest BCUT2D eigenvalue weighted by Crippen LogP contribution is 2.05. The van der Waals surface area contributed by atoms with Crippen molar-refractivity contribution in [2.45, 2.75) is 18.9 Å². The first-order valence-corrected chi connectivity index (χ1v) is 6.43. The maximum absolute atomic E-state index is 11.4. The Bertz CT molecular complexity index is 446. The van der Waals surface area contributed by atoms with Crippen LogP contribution in [-0.4, -0.2) is 40.8 Å². The first-order chi connectivity index (χ1) is 8.99. The summed E-state index contributed by atoms with van der Waals surface area (Å²) in [6.07, 6.45) is -0.0269. The van der Waals surface area contributed by atoms with Crippen molar-refractivity contribution in [1.29, 1.82) is 0 Å². The van der Waals surface area contributed by atoms with Crippen molar-refractivity contribution >= 4 is 29.3 Å². The highest BCUT2D eigenvalue weighted by molar-refractivity contribution is 7.07. The Balaban J connectivity index is 2.32. The standard InChI is InChI=1S/C11H14N2O5S/c14-9(15)5-8(10(16)17)13-11(18)12-3-1-7-2-4-19-6-7/h2,4,6,8H,1,3,5H2,(H,14,15)(H,16,17)(H2,12,13,18). The first-order valence-electron chi connectivity index (χ1n) is 5.49. The minimum atomic E-state index is -1.43. The van der Waals surface area contributed by atoms with Gasteiger partial charge in [-0.2, -0.15) is 11.3 Å². The van der Waals surface area contributed by atoms with E-state index in [0.29, 0.717) is 13.0 Å². The van der Waals surface area contributed by atoms with E-state index in [0.717, 1.165) is 5.56 Å². The van der Waals surface area contributed by atoms with E-state index in [-0.39, 0.29) is 0 Å². The van der Waals surface area contributed by atoms with E-state index in [2.05, 4.69) is 10.6 Å². The Morgan fingerprint density at radius 3 is 2.58 bits per heavy atom. The average molecular weight is 286 g/mol. The molecule has 4 N–H and O–H groups in total. The fourth-order valence-electron chi connectivity index (χ4n) is 1.34. The van der Waals surface area contributed by atoms with E-state index in [1.54, 1.807) is 11.3 Å². The second-order valence-corrected chi connectivity index (χ2v) is 4.55. The average Bonchev–Trinajstić information content (AvgIpc) is 2.80. The quantitative estimate of drug-likeness (QED) is 0.583. The molecule has 0 aliphatic heterocycles. The lowest BCUT2D eigenvalue weighted by Crippen LogP contribution is -2.47. The molecule has 104 valence electrons. The van der Waals surface area contributed by atoms with Gasteiger partial charge in [0.15, 0.2) is 0 Å². The van der Waals surface area contributed by atoms with Gasteiger partial charge >= 0.3 is 18.0 Å². The van der Waals surface area contributed by atoms with Crippen LogP contribution in [0.25, 0.3) is 0 Å². The third-order valence-electron chi connectivity index (χ3n) is 2.26. The number of hydrogen-bond acceptors (Lipinski definition) is 4. The normalized spacial score (nSPS) is 11.6. The van der Waals surface area contributed by atoms with E-state index in [9.17, 15) is 14.4 Å². The van der Waals surface area contributed by atoms with Gasteiger partial charge in [0, 0.05) is 6.54 Å². The molecule has 1 atom stereocenters. The monoisotopic (exact) mass is 286 g/mol. The number of rotatable bonds is 7. The van der Waals surface area contributed by atoms with Gasteiger partial charge in [-0.15, -0.1) is 0 Å². The van der Waals surface area contributed by atoms with E-state index >= 15 is 0 Å². The lowest BCUT2D eigenvalue weighted by atomic mass is 10.2. The Labute approximate surface area is 113 Å². The van der Waals surface area contributed by atoms with Gasteiger partial charge in [-0.05, 0) is 28.8 Å². The van der Waals surface area contributed by atoms with E-state index < -0.39 is 30.4 Å². The number of carbonyl (C=O) groups excluding carboxylic acids is 1. The molecule has 19 heavy (non-hydrogen) atoms. The van der Waals surface area contributed by atoms with E-state index in [1.165, 1.54) is 0 Å². The van der Waals surface area contributed by atoms with E-state index in [4.69, 9.17) is 10.2 Å². The van der Waals surface area contributed by atoms with E-state index in [1.807, 2.05) is 16.8 Å². The van der Waals surface area contributed by atoms with Gasteiger partial charge < -0.3 is 20.8 Å². The van der Waals surface area contributed by atoms with Crippen molar-refractivity contribution in [2.75, 3.05) is 6.54 Å². The molecule has 0 aliphatic rings. The van der Waals surface area contributed by atoms with Crippen molar-refractivity contribution < 1.29 is 24.6 Å². The van der Waals surface area contributed by atoms with Gasteiger partial charge in [0.25, 0.3) is 0 Å². The molecule has 1 unspecified atom stereocenters. The van der Waals surface area contributed by atoms with Crippen LogP contribution in [0.1, 0.15) is 12.0 Å². The van der Waals surface area contributed by atoms with Crippen molar-refractivity contribution in [3.63, 3.8) is 0 Å². The summed E-state index contributed by atoms with van der Waals surface area (Å²) in [6, 6.07) is -0.197. The zero-order valence-electron chi connectivity index (χ0n) is 9.96. The number of thiophene rings is 1. The van der Waals surface area contributed by atoms with Gasteiger partial charge in [-0.3, -0.25) is 4.79 Å². The van der Waals surface area contributed by atoms with Crippen molar-refractivity contribution in [1.82, 2.24) is 10.6 Å². The number of urea groups is 1. The molecule has 7 nitrogen and oxygen atoms in total. The highest BCUT2D eigenvalue weighted by atomic mass is 32.1. The highest BCUT2D eigenvalue weighted by Gasteiger charge is 2.22. The Hall–Kier alpha value is -2.09. The predicted molar refractivity (Wildman–Crippen MR) is 68.2 cm³/mol. The van der Waals surface area contributed by atoms with Crippen LogP contribution in [0.2, 0.25) is 0 Å². The lowest BCUT2D eigenvalue weighted by molar-refractivity contribution is -0.145. The van der Waals surface area contributed by atoms with Crippen LogP contribution >= 0.6 is 11.3 Å². The van der Waals surface area contributed by atoms with Crippen molar-refractivity contribution in [3.05, 3.63) is 22.4 Å². The lowest BCUT2D eigenvalue weighted by Gasteiger charge is -2.13. The summed E-state index contributed by atoms with van der Waals surface area (Å²) < 4.78 is 0. The molecule has 8 heteroatoms. The van der Waals surface area contributed by atoms with Crippen LogP contribution in [0, 0.1) is 0 Å². The first kappa shape index (κ1) is 15.0. The Morgan fingerprint density at radius 2 is 2.05 bits per heavy atom. The smallest absolute Gasteiger partial charge is 0.326 e. The second-order valence-electron chi connectivity index (χ2n) is 3.77. The SMILES string of the molecule is O=C(O)CC(NC(=O)NCCc1ccsc1)C(=O)O. The topological polar surface area (TPSA) is 116 Å². The van der Waals surface area contributed by atoms with Gasteiger partial charge in [0.1, 0.15) is 6.04 Å². The van der Waals surface area contributed by atoms with Gasteiger partial charge in [0.05, 0.1) is 6.42 Å². The molecule has 0 bridgehead atoms. The minimum absolute atomic E-state index is 0.349. The molecule has 1 heterocycles. The number of aliphatic carboxylic acids is 2. The largest absolute Gasteiger partial charge is 0.481 e. The van der Waals surface area contributed by atoms with Crippen molar-refractivity contribution in [3.8, 4) is 0 Å². The third-order valence-corrected chi connectivity index (χ3v) is 2.99. The molecule has 0 aliphatic carbocycles. The van der Waals surface area contributed by atoms with Gasteiger partial charge in [-0.25, -0.2) is 9.59 Å². The number of carboxylic acids is 2. The zero-order valence-corrected chi connectivity index (χ0v) is 10.8. The molecule has 0 saturated heterocycles. The van der Waals surface area contributed by atoms with Crippen LogP contribution in [0.5, 0.6) is 0 Å². The summed E-state index contributed by atoms with van der Waals surface area (Å²) >= 11 is 1.55. The molecule has 1 aromatic rings. The zero-order chi connectivity index (χ0) is 14.3. The Kier molecular flexibility index (Phi) is 5.80. The molecule has 2 amide bonds. The van der Waals surface area contributed by atoms with Crippen LogP contribution < -0.4 is 10.6 Å². The fraction of sp³-hybridized carbons (Fsp3) is 0.364. The third kappa shape index (κ3) is 5.87. The number of carbonyl (C=O) groups is 3. The maximum atomic E-state index is 11.4. The molecular formula is C11H14N2O5S. The number of nitrogens with one attached hydrogen (secondary N) is 2. The Morgan fingerprint density at radius 1 is 1.32 bits per heavy atom. The van der Waals surface area contributed by atoms with Crippen LogP contribution in [0.4, 0.5) is 4.79 Å². The van der Waals surface area contributed by atoms with Gasteiger partial charge in [-0.1, -0.05) is 0 Å².